The Kier molecular flexibility index (Phi) is 6.32. The van der Waals surface area contributed by atoms with Crippen LogP contribution in [0.2, 0.25) is 0 Å². The van der Waals surface area contributed by atoms with Crippen LogP contribution in [0.1, 0.15) is 26.2 Å². The first kappa shape index (κ1) is 15.7. The van der Waals surface area contributed by atoms with E-state index in [-0.39, 0.29) is 5.75 Å². The van der Waals surface area contributed by atoms with Gasteiger partial charge in [-0.1, -0.05) is 22.4 Å². The molecule has 0 saturated carbocycles. The van der Waals surface area contributed by atoms with Crippen molar-refractivity contribution in [3.8, 4) is 0 Å². The second kappa shape index (κ2) is 7.26. The first-order valence-electron chi connectivity index (χ1n) is 6.11. The van der Waals surface area contributed by atoms with Gasteiger partial charge in [-0.15, -0.1) is 0 Å². The molecule has 0 aliphatic heterocycles. The van der Waals surface area contributed by atoms with Crippen molar-refractivity contribution >= 4 is 25.8 Å². The lowest BCUT2D eigenvalue weighted by Gasteiger charge is -2.09. The lowest BCUT2D eigenvalue weighted by atomic mass is 10.1. The summed E-state index contributed by atoms with van der Waals surface area (Å²) < 4.78 is 24.9. The topological polar surface area (TPSA) is 46.2 Å². The summed E-state index contributed by atoms with van der Waals surface area (Å²) in [6.45, 7) is 2.10. The predicted octanol–water partition coefficient (Wildman–Crippen LogP) is 3.00. The monoisotopic (exact) mass is 333 g/mol. The number of hydrogen-bond donors (Lipinski definition) is 1. The van der Waals surface area contributed by atoms with E-state index in [1.165, 1.54) is 0 Å². The molecular weight excluding hydrogens is 314 g/mol. The molecule has 0 saturated heterocycles. The lowest BCUT2D eigenvalue weighted by molar-refractivity contribution is 0.533. The minimum absolute atomic E-state index is 0.227. The summed E-state index contributed by atoms with van der Waals surface area (Å²) in [5, 5.41) is 3.15. The van der Waals surface area contributed by atoms with Crippen LogP contribution in [0, 0.1) is 0 Å². The van der Waals surface area contributed by atoms with Gasteiger partial charge in [-0.05, 0) is 51.1 Å². The van der Waals surface area contributed by atoms with Crippen molar-refractivity contribution < 1.29 is 8.42 Å². The van der Waals surface area contributed by atoms with Crippen LogP contribution in [0.25, 0.3) is 0 Å². The van der Waals surface area contributed by atoms with Crippen LogP contribution < -0.4 is 5.32 Å². The minimum Gasteiger partial charge on any atom is -0.317 e. The standard InChI is InChI=1S/C13H20BrNO2S/c1-11(15-2)5-3-4-10-18(16,17)13-8-6-12(14)7-9-13/h6-9,11,15H,3-5,10H2,1-2H3. The number of benzene rings is 1. The van der Waals surface area contributed by atoms with Gasteiger partial charge in [-0.2, -0.15) is 0 Å². The summed E-state index contributed by atoms with van der Waals surface area (Å²) in [4.78, 5) is 0.410. The number of sulfone groups is 1. The molecule has 0 bridgehead atoms. The molecule has 0 spiro atoms. The molecule has 0 heterocycles. The highest BCUT2D eigenvalue weighted by atomic mass is 79.9. The van der Waals surface area contributed by atoms with Crippen molar-refractivity contribution in [2.24, 2.45) is 0 Å². The van der Waals surface area contributed by atoms with Gasteiger partial charge in [0.15, 0.2) is 9.84 Å². The van der Waals surface area contributed by atoms with E-state index in [4.69, 9.17) is 0 Å². The Bertz CT molecular complexity index is 456. The molecule has 1 aromatic rings. The Balaban J connectivity index is 2.48. The van der Waals surface area contributed by atoms with Crippen LogP contribution in [0.15, 0.2) is 33.6 Å². The highest BCUT2D eigenvalue weighted by Gasteiger charge is 2.13. The van der Waals surface area contributed by atoms with Gasteiger partial charge < -0.3 is 5.32 Å². The van der Waals surface area contributed by atoms with Gasteiger partial charge in [0.25, 0.3) is 0 Å². The zero-order valence-electron chi connectivity index (χ0n) is 10.8. The Morgan fingerprint density at radius 2 is 1.83 bits per heavy atom. The Hall–Kier alpha value is -0.390. The molecular formula is C13H20BrNO2S. The maximum absolute atomic E-state index is 12.0. The molecule has 0 radical (unpaired) electrons. The fraction of sp³-hybridized carbons (Fsp3) is 0.538. The normalized spacial score (nSPS) is 13.5. The van der Waals surface area contributed by atoms with Crippen molar-refractivity contribution in [2.75, 3.05) is 12.8 Å². The van der Waals surface area contributed by atoms with E-state index < -0.39 is 9.84 Å². The third-order valence-electron chi connectivity index (χ3n) is 2.97. The smallest absolute Gasteiger partial charge is 0.178 e. The number of hydrogen-bond acceptors (Lipinski definition) is 3. The predicted molar refractivity (Wildman–Crippen MR) is 78.6 cm³/mol. The lowest BCUT2D eigenvalue weighted by Crippen LogP contribution is -2.21. The van der Waals surface area contributed by atoms with E-state index in [1.807, 2.05) is 7.05 Å². The number of nitrogens with one attached hydrogen (secondary N) is 1. The summed E-state index contributed by atoms with van der Waals surface area (Å²) in [5.74, 6) is 0.227. The highest BCUT2D eigenvalue weighted by molar-refractivity contribution is 9.10. The molecule has 1 atom stereocenters. The quantitative estimate of drug-likeness (QED) is 0.780. The van der Waals surface area contributed by atoms with Crippen LogP contribution in [0.5, 0.6) is 0 Å². The van der Waals surface area contributed by atoms with Gasteiger partial charge in [0.05, 0.1) is 10.6 Å². The van der Waals surface area contributed by atoms with Crippen LogP contribution in [-0.2, 0) is 9.84 Å². The summed E-state index contributed by atoms with van der Waals surface area (Å²) in [5.41, 5.74) is 0. The molecule has 5 heteroatoms. The molecule has 18 heavy (non-hydrogen) atoms. The molecule has 1 rings (SSSR count). The highest BCUT2D eigenvalue weighted by Crippen LogP contribution is 2.17. The van der Waals surface area contributed by atoms with Crippen molar-refractivity contribution in [1.29, 1.82) is 0 Å². The Morgan fingerprint density at radius 3 is 2.39 bits per heavy atom. The van der Waals surface area contributed by atoms with Crippen molar-refractivity contribution in [1.82, 2.24) is 5.32 Å². The van der Waals surface area contributed by atoms with Gasteiger partial charge in [-0.3, -0.25) is 0 Å². The molecule has 0 aliphatic rings. The van der Waals surface area contributed by atoms with E-state index in [0.29, 0.717) is 17.4 Å². The maximum Gasteiger partial charge on any atom is 0.178 e. The fourth-order valence-electron chi connectivity index (χ4n) is 1.65. The van der Waals surface area contributed by atoms with Gasteiger partial charge in [-0.25, -0.2) is 8.42 Å². The number of halogens is 1. The SMILES string of the molecule is CNC(C)CCCCS(=O)(=O)c1ccc(Br)cc1. The zero-order valence-corrected chi connectivity index (χ0v) is 13.2. The summed E-state index contributed by atoms with van der Waals surface area (Å²) >= 11 is 3.30. The fourth-order valence-corrected chi connectivity index (χ4v) is 3.28. The number of unbranched alkanes of at least 4 members (excludes halogenated alkanes) is 1. The van der Waals surface area contributed by atoms with E-state index in [2.05, 4.69) is 28.2 Å². The third-order valence-corrected chi connectivity index (χ3v) is 5.31. The molecule has 1 aromatic carbocycles. The van der Waals surface area contributed by atoms with Crippen molar-refractivity contribution in [3.05, 3.63) is 28.7 Å². The van der Waals surface area contributed by atoms with Crippen molar-refractivity contribution in [3.63, 3.8) is 0 Å². The average Bonchev–Trinajstić information content (AvgIpc) is 2.35. The van der Waals surface area contributed by atoms with Gasteiger partial charge in [0.1, 0.15) is 0 Å². The molecule has 0 aromatic heterocycles. The van der Waals surface area contributed by atoms with Crippen LogP contribution >= 0.6 is 15.9 Å². The second-order valence-electron chi connectivity index (χ2n) is 4.46. The molecule has 0 aliphatic carbocycles. The zero-order chi connectivity index (χ0) is 13.6. The molecule has 0 amide bonds. The summed E-state index contributed by atoms with van der Waals surface area (Å²) in [6, 6.07) is 7.26. The average molecular weight is 334 g/mol. The molecule has 3 nitrogen and oxygen atoms in total. The summed E-state index contributed by atoms with van der Waals surface area (Å²) in [7, 11) is -1.20. The first-order valence-corrected chi connectivity index (χ1v) is 8.56. The Labute approximate surface area is 118 Å². The second-order valence-corrected chi connectivity index (χ2v) is 7.48. The molecule has 1 N–H and O–H groups in total. The van der Waals surface area contributed by atoms with E-state index >= 15 is 0 Å². The molecule has 102 valence electrons. The molecule has 0 fully saturated rings. The van der Waals surface area contributed by atoms with Gasteiger partial charge >= 0.3 is 0 Å². The van der Waals surface area contributed by atoms with Gasteiger partial charge in [0, 0.05) is 10.5 Å². The van der Waals surface area contributed by atoms with Crippen LogP contribution in [-0.4, -0.2) is 27.3 Å². The van der Waals surface area contributed by atoms with Gasteiger partial charge in [0.2, 0.25) is 0 Å². The molecule has 1 unspecified atom stereocenters. The summed E-state index contributed by atoms with van der Waals surface area (Å²) in [6.07, 6.45) is 2.65. The first-order chi connectivity index (χ1) is 8.45. The van der Waals surface area contributed by atoms with Crippen molar-refractivity contribution in [2.45, 2.75) is 37.1 Å². The van der Waals surface area contributed by atoms with E-state index in [9.17, 15) is 8.42 Å². The van der Waals surface area contributed by atoms with Crippen LogP contribution in [0.3, 0.4) is 0 Å². The third kappa shape index (κ3) is 5.08. The maximum atomic E-state index is 12.0. The van der Waals surface area contributed by atoms with E-state index in [0.717, 1.165) is 17.3 Å². The van der Waals surface area contributed by atoms with Crippen LogP contribution in [0.4, 0.5) is 0 Å². The largest absolute Gasteiger partial charge is 0.317 e. The number of rotatable bonds is 7. The Morgan fingerprint density at radius 1 is 1.22 bits per heavy atom. The minimum atomic E-state index is -3.12. The van der Waals surface area contributed by atoms with E-state index in [1.54, 1.807) is 24.3 Å².